The Kier molecular flexibility index (Phi) is 5.29. The molecule has 0 saturated heterocycles. The summed E-state index contributed by atoms with van der Waals surface area (Å²) < 4.78 is 5.89. The van der Waals surface area contributed by atoms with Crippen LogP contribution in [0.1, 0.15) is 17.2 Å². The Morgan fingerprint density at radius 1 is 1.20 bits per heavy atom. The number of aromatic nitrogens is 1. The van der Waals surface area contributed by atoms with E-state index in [4.69, 9.17) is 22.1 Å². The van der Waals surface area contributed by atoms with Gasteiger partial charge >= 0.3 is 0 Å². The number of hydrogen-bond donors (Lipinski definition) is 2. The van der Waals surface area contributed by atoms with Crippen LogP contribution < -0.4 is 20.7 Å². The van der Waals surface area contributed by atoms with Crippen LogP contribution >= 0.6 is 11.6 Å². The lowest BCUT2D eigenvalue weighted by Crippen LogP contribution is -2.45. The second-order valence-electron chi connectivity index (χ2n) is 6.90. The molecule has 1 aliphatic rings. The fraction of sp³-hybridized carbons (Fsp3) is 0.136. The number of benzene rings is 2. The number of nitrogens with two attached hydrogens (primary N) is 1. The molecule has 7 nitrogen and oxygen atoms in total. The zero-order valence-electron chi connectivity index (χ0n) is 16.1. The molecule has 8 heteroatoms. The average molecular weight is 423 g/mol. The number of nitrogens with one attached hydrogen (secondary N) is 1. The van der Waals surface area contributed by atoms with E-state index >= 15 is 0 Å². The molecule has 30 heavy (non-hydrogen) atoms. The molecule has 4 rings (SSSR count). The summed E-state index contributed by atoms with van der Waals surface area (Å²) in [4.78, 5) is 31.5. The number of halogens is 1. The molecule has 0 fully saturated rings. The minimum absolute atomic E-state index is 0.213. The van der Waals surface area contributed by atoms with Crippen molar-refractivity contribution >= 4 is 40.7 Å². The molecule has 1 aliphatic heterocycles. The molecule has 1 atom stereocenters. The van der Waals surface area contributed by atoms with E-state index < -0.39 is 17.9 Å². The van der Waals surface area contributed by atoms with E-state index in [1.54, 1.807) is 42.5 Å². The lowest BCUT2D eigenvalue weighted by Gasteiger charge is -2.33. The number of rotatable bonds is 4. The minimum Gasteiger partial charge on any atom is -0.472 e. The Labute approximate surface area is 178 Å². The number of carbonyl (C=O) groups is 2. The first-order valence-electron chi connectivity index (χ1n) is 9.28. The van der Waals surface area contributed by atoms with Crippen LogP contribution in [0.15, 0.2) is 60.7 Å². The molecule has 0 radical (unpaired) electrons. The quantitative estimate of drug-likeness (QED) is 0.667. The third-order valence-electron chi connectivity index (χ3n) is 4.73. The van der Waals surface area contributed by atoms with Gasteiger partial charge in [-0.25, -0.2) is 4.98 Å². The predicted molar refractivity (Wildman–Crippen MR) is 116 cm³/mol. The molecular formula is C22H19ClN4O3. The highest BCUT2D eigenvalue weighted by Crippen LogP contribution is 2.38. The molecule has 152 valence electrons. The van der Waals surface area contributed by atoms with E-state index in [1.807, 2.05) is 25.1 Å². The summed E-state index contributed by atoms with van der Waals surface area (Å²) in [6.07, 6.45) is -0.884. The van der Waals surface area contributed by atoms with E-state index in [9.17, 15) is 9.59 Å². The Morgan fingerprint density at radius 2 is 1.97 bits per heavy atom. The second-order valence-corrected chi connectivity index (χ2v) is 7.33. The van der Waals surface area contributed by atoms with Crippen molar-refractivity contribution in [1.29, 1.82) is 0 Å². The lowest BCUT2D eigenvalue weighted by atomic mass is 10.1. The van der Waals surface area contributed by atoms with Crippen LogP contribution in [0.25, 0.3) is 0 Å². The van der Waals surface area contributed by atoms with Crippen LogP contribution in [0.5, 0.6) is 5.75 Å². The van der Waals surface area contributed by atoms with Crippen LogP contribution in [0.4, 0.5) is 17.3 Å². The van der Waals surface area contributed by atoms with Gasteiger partial charge in [0.1, 0.15) is 12.4 Å². The molecule has 0 aliphatic carbocycles. The number of aryl methyl sites for hydroxylation is 1. The van der Waals surface area contributed by atoms with E-state index in [1.165, 1.54) is 4.90 Å². The molecule has 3 aromatic rings. The number of pyridine rings is 1. The van der Waals surface area contributed by atoms with Gasteiger partial charge in [-0.15, -0.1) is 0 Å². The summed E-state index contributed by atoms with van der Waals surface area (Å²) in [6.45, 7) is 1.61. The van der Waals surface area contributed by atoms with Gasteiger partial charge in [-0.2, -0.15) is 0 Å². The molecular weight excluding hydrogens is 404 g/mol. The van der Waals surface area contributed by atoms with Gasteiger partial charge in [-0.05, 0) is 36.8 Å². The van der Waals surface area contributed by atoms with Crippen molar-refractivity contribution in [2.75, 3.05) is 22.5 Å². The smallest absolute Gasteiger partial charge is 0.274 e. The van der Waals surface area contributed by atoms with Crippen LogP contribution in [-0.4, -0.2) is 23.3 Å². The number of nitrogen functional groups attached to an aromatic ring is 1. The highest BCUT2D eigenvalue weighted by atomic mass is 35.5. The van der Waals surface area contributed by atoms with Crippen LogP contribution in [0.2, 0.25) is 5.02 Å². The number of carbonyl (C=O) groups excluding carboxylic acids is 2. The first-order chi connectivity index (χ1) is 14.4. The number of anilines is 3. The SMILES string of the molecule is Cc1ccc(Cl)cc1NC(=O)CN1C(=O)C(c2ccccc2)Oc2ccc(N)nc21. The number of amides is 2. The lowest BCUT2D eigenvalue weighted by molar-refractivity contribution is -0.128. The van der Waals surface area contributed by atoms with E-state index in [0.717, 1.165) is 5.56 Å². The molecule has 2 amide bonds. The van der Waals surface area contributed by atoms with Gasteiger partial charge in [0.25, 0.3) is 5.91 Å². The Bertz CT molecular complexity index is 1120. The molecule has 0 bridgehead atoms. The van der Waals surface area contributed by atoms with E-state index in [-0.39, 0.29) is 18.2 Å². The Morgan fingerprint density at radius 3 is 2.73 bits per heavy atom. The number of hydrogen-bond acceptors (Lipinski definition) is 5. The molecule has 1 unspecified atom stereocenters. The zero-order valence-corrected chi connectivity index (χ0v) is 16.9. The first kappa shape index (κ1) is 19.7. The summed E-state index contributed by atoms with van der Waals surface area (Å²) in [7, 11) is 0. The van der Waals surface area contributed by atoms with E-state index in [0.29, 0.717) is 22.0 Å². The van der Waals surface area contributed by atoms with Gasteiger partial charge in [0.15, 0.2) is 11.6 Å². The maximum atomic E-state index is 13.2. The number of ether oxygens (including phenoxy) is 1. The highest BCUT2D eigenvalue weighted by Gasteiger charge is 2.37. The average Bonchev–Trinajstić information content (AvgIpc) is 2.73. The van der Waals surface area contributed by atoms with Gasteiger partial charge < -0.3 is 15.8 Å². The summed E-state index contributed by atoms with van der Waals surface area (Å²) >= 11 is 6.03. The standard InChI is InChI=1S/C22H19ClN4O3/c1-13-7-8-15(23)11-16(13)25-19(28)12-27-21-17(9-10-18(24)26-21)30-20(22(27)29)14-5-3-2-4-6-14/h2-11,20H,12H2,1H3,(H2,24,26)(H,25,28). The monoisotopic (exact) mass is 422 g/mol. The maximum Gasteiger partial charge on any atom is 0.274 e. The third-order valence-corrected chi connectivity index (χ3v) is 4.96. The second kappa shape index (κ2) is 8.04. The number of nitrogens with zero attached hydrogens (tertiary/aromatic N) is 2. The fourth-order valence-corrected chi connectivity index (χ4v) is 3.38. The molecule has 3 N–H and O–H groups in total. The first-order valence-corrected chi connectivity index (χ1v) is 9.65. The normalized spacial score (nSPS) is 15.3. The van der Waals surface area contributed by atoms with Gasteiger partial charge in [-0.1, -0.05) is 48.0 Å². The Balaban J connectivity index is 1.64. The van der Waals surface area contributed by atoms with Crippen molar-refractivity contribution in [3.05, 3.63) is 76.8 Å². The molecule has 2 aromatic carbocycles. The topological polar surface area (TPSA) is 97.5 Å². The van der Waals surface area contributed by atoms with Crippen LogP contribution in [0, 0.1) is 6.92 Å². The fourth-order valence-electron chi connectivity index (χ4n) is 3.21. The van der Waals surface area contributed by atoms with E-state index in [2.05, 4.69) is 10.3 Å². The van der Waals surface area contributed by atoms with Gasteiger partial charge in [-0.3, -0.25) is 14.5 Å². The third kappa shape index (κ3) is 3.92. The largest absolute Gasteiger partial charge is 0.472 e. The summed E-state index contributed by atoms with van der Waals surface area (Å²) in [5.74, 6) is 0.0244. The Hall–Kier alpha value is -3.58. The summed E-state index contributed by atoms with van der Waals surface area (Å²) in [6, 6.07) is 17.5. The van der Waals surface area contributed by atoms with Crippen molar-refractivity contribution in [2.45, 2.75) is 13.0 Å². The van der Waals surface area contributed by atoms with Gasteiger partial charge in [0.2, 0.25) is 12.0 Å². The van der Waals surface area contributed by atoms with Crippen LogP contribution in [-0.2, 0) is 9.59 Å². The summed E-state index contributed by atoms with van der Waals surface area (Å²) in [5, 5.41) is 3.30. The molecule has 0 spiro atoms. The molecule has 1 aromatic heterocycles. The van der Waals surface area contributed by atoms with Crippen LogP contribution in [0.3, 0.4) is 0 Å². The van der Waals surface area contributed by atoms with Crippen molar-refractivity contribution in [1.82, 2.24) is 4.98 Å². The van der Waals surface area contributed by atoms with Crippen molar-refractivity contribution in [2.24, 2.45) is 0 Å². The molecule has 0 saturated carbocycles. The maximum absolute atomic E-state index is 13.2. The zero-order chi connectivity index (χ0) is 21.3. The minimum atomic E-state index is -0.884. The van der Waals surface area contributed by atoms with Crippen molar-refractivity contribution in [3.8, 4) is 5.75 Å². The van der Waals surface area contributed by atoms with Gasteiger partial charge in [0, 0.05) is 16.3 Å². The predicted octanol–water partition coefficient (Wildman–Crippen LogP) is 3.73. The molecule has 2 heterocycles. The summed E-state index contributed by atoms with van der Waals surface area (Å²) in [5.41, 5.74) is 7.92. The van der Waals surface area contributed by atoms with Crippen molar-refractivity contribution in [3.63, 3.8) is 0 Å². The highest BCUT2D eigenvalue weighted by molar-refractivity contribution is 6.31. The number of fused-ring (bicyclic) bond motifs is 1. The van der Waals surface area contributed by atoms with Gasteiger partial charge in [0.05, 0.1) is 0 Å². The van der Waals surface area contributed by atoms with Crippen molar-refractivity contribution < 1.29 is 14.3 Å².